The minimum Gasteiger partial charge on any atom is -0.438 e. The van der Waals surface area contributed by atoms with E-state index in [1.165, 1.54) is 14.2 Å². The van der Waals surface area contributed by atoms with Crippen LogP contribution in [0.2, 0.25) is 0 Å². The first-order chi connectivity index (χ1) is 7.83. The molecule has 1 amide bonds. The maximum absolute atomic E-state index is 10.8. The van der Waals surface area contributed by atoms with Crippen molar-refractivity contribution in [3.63, 3.8) is 0 Å². The van der Waals surface area contributed by atoms with E-state index < -0.39 is 36.3 Å². The summed E-state index contributed by atoms with van der Waals surface area (Å²) in [5.74, 6) is 0. The molecule has 0 aromatic carbocycles. The van der Waals surface area contributed by atoms with Gasteiger partial charge in [-0.25, -0.2) is 4.79 Å². The predicted molar refractivity (Wildman–Crippen MR) is 57.2 cm³/mol. The molecule has 100 valence electrons. The van der Waals surface area contributed by atoms with E-state index in [1.807, 2.05) is 0 Å². The fourth-order valence-electron chi connectivity index (χ4n) is 2.04. The van der Waals surface area contributed by atoms with Crippen molar-refractivity contribution in [2.75, 3.05) is 14.2 Å². The molecule has 1 rings (SSSR count). The van der Waals surface area contributed by atoms with E-state index in [0.29, 0.717) is 0 Å². The second-order valence-corrected chi connectivity index (χ2v) is 4.37. The highest BCUT2D eigenvalue weighted by molar-refractivity contribution is 5.64. The monoisotopic (exact) mass is 249 g/mol. The molecule has 0 bridgehead atoms. The van der Waals surface area contributed by atoms with Crippen LogP contribution < -0.4 is 5.73 Å². The van der Waals surface area contributed by atoms with E-state index in [4.69, 9.17) is 24.7 Å². The molecule has 0 saturated carbocycles. The van der Waals surface area contributed by atoms with Crippen molar-refractivity contribution >= 4 is 6.09 Å². The number of ether oxygens (including phenoxy) is 4. The van der Waals surface area contributed by atoms with Crippen molar-refractivity contribution in [3.05, 3.63) is 0 Å². The number of amides is 1. The Kier molecular flexibility index (Phi) is 4.31. The fraction of sp³-hybridized carbons (Fsp3) is 0.900. The smallest absolute Gasteiger partial charge is 0.405 e. The molecule has 0 aromatic rings. The topological polar surface area (TPSA) is 100 Å². The van der Waals surface area contributed by atoms with Gasteiger partial charge in [-0.3, -0.25) is 0 Å². The molecule has 1 fully saturated rings. The van der Waals surface area contributed by atoms with Gasteiger partial charge < -0.3 is 29.8 Å². The minimum absolute atomic E-state index is 0.654. The average Bonchev–Trinajstić information content (AvgIpc) is 2.21. The Morgan fingerprint density at radius 3 is 2.35 bits per heavy atom. The quantitative estimate of drug-likeness (QED) is 0.706. The molecule has 7 nitrogen and oxygen atoms in total. The van der Waals surface area contributed by atoms with Crippen molar-refractivity contribution in [2.45, 2.75) is 44.1 Å². The first-order valence-corrected chi connectivity index (χ1v) is 5.21. The predicted octanol–water partition coefficient (Wildman–Crippen LogP) is -0.392. The van der Waals surface area contributed by atoms with E-state index in [-0.39, 0.29) is 0 Å². The number of primary amides is 1. The van der Waals surface area contributed by atoms with Crippen molar-refractivity contribution in [1.82, 2.24) is 0 Å². The van der Waals surface area contributed by atoms with Gasteiger partial charge in [0.25, 0.3) is 0 Å². The maximum atomic E-state index is 10.8. The van der Waals surface area contributed by atoms with Crippen LogP contribution in [0.5, 0.6) is 0 Å². The van der Waals surface area contributed by atoms with Gasteiger partial charge in [0.2, 0.25) is 0 Å². The van der Waals surface area contributed by atoms with Crippen LogP contribution in [0.4, 0.5) is 4.79 Å². The zero-order valence-electron chi connectivity index (χ0n) is 10.4. The summed E-state index contributed by atoms with van der Waals surface area (Å²) in [6, 6.07) is 0. The van der Waals surface area contributed by atoms with E-state index in [1.54, 1.807) is 13.8 Å². The molecule has 1 heterocycles. The molecule has 0 spiro atoms. The molecule has 4 atom stereocenters. The SMILES string of the molecule is CO[C@@H]1OC(C)(C)[C@H](OC)[C@H](O)C1OC(N)=O. The molecule has 7 heteroatoms. The lowest BCUT2D eigenvalue weighted by Gasteiger charge is -2.47. The molecule has 1 unspecified atom stereocenters. The lowest BCUT2D eigenvalue weighted by atomic mass is 9.89. The van der Waals surface area contributed by atoms with Gasteiger partial charge in [-0.1, -0.05) is 0 Å². The Hall–Kier alpha value is -0.890. The van der Waals surface area contributed by atoms with Crippen molar-refractivity contribution < 1.29 is 28.8 Å². The summed E-state index contributed by atoms with van der Waals surface area (Å²) in [5, 5.41) is 10.1. The van der Waals surface area contributed by atoms with E-state index in [9.17, 15) is 9.90 Å². The summed E-state index contributed by atoms with van der Waals surface area (Å²) in [5.41, 5.74) is 4.16. The second kappa shape index (κ2) is 5.18. The van der Waals surface area contributed by atoms with Crippen LogP contribution in [0.1, 0.15) is 13.8 Å². The van der Waals surface area contributed by atoms with Crippen LogP contribution in [0.25, 0.3) is 0 Å². The van der Waals surface area contributed by atoms with Crippen LogP contribution in [-0.4, -0.2) is 55.6 Å². The van der Waals surface area contributed by atoms with Crippen molar-refractivity contribution in [1.29, 1.82) is 0 Å². The highest BCUT2D eigenvalue weighted by atomic mass is 16.7. The van der Waals surface area contributed by atoms with Crippen molar-refractivity contribution in [3.8, 4) is 0 Å². The van der Waals surface area contributed by atoms with Gasteiger partial charge in [0.1, 0.15) is 12.2 Å². The molecule has 0 aliphatic carbocycles. The number of hydrogen-bond acceptors (Lipinski definition) is 6. The summed E-state index contributed by atoms with van der Waals surface area (Å²) < 4.78 is 20.6. The van der Waals surface area contributed by atoms with Crippen LogP contribution in [0, 0.1) is 0 Å². The molecule has 1 aliphatic heterocycles. The molecular formula is C10H19NO6. The highest BCUT2D eigenvalue weighted by Gasteiger charge is 2.51. The first-order valence-electron chi connectivity index (χ1n) is 5.21. The second-order valence-electron chi connectivity index (χ2n) is 4.37. The van der Waals surface area contributed by atoms with Crippen molar-refractivity contribution in [2.24, 2.45) is 5.73 Å². The molecule has 0 radical (unpaired) electrons. The zero-order valence-corrected chi connectivity index (χ0v) is 10.4. The zero-order chi connectivity index (χ0) is 13.2. The van der Waals surface area contributed by atoms with Crippen LogP contribution in [-0.2, 0) is 18.9 Å². The van der Waals surface area contributed by atoms with Gasteiger partial charge in [-0.05, 0) is 13.8 Å². The maximum Gasteiger partial charge on any atom is 0.405 e. The number of methoxy groups -OCH3 is 2. The van der Waals surface area contributed by atoms with Gasteiger partial charge in [0.05, 0.1) is 5.60 Å². The summed E-state index contributed by atoms with van der Waals surface area (Å²) in [6.07, 6.45) is -4.65. The standard InChI is InChI=1S/C10H19NO6/c1-10(2)7(14-3)5(12)6(16-9(11)13)8(15-4)17-10/h5-8,12H,1-4H3,(H2,11,13)/t5-,6?,7-,8-/m1/s1. The lowest BCUT2D eigenvalue weighted by molar-refractivity contribution is -0.319. The third-order valence-corrected chi connectivity index (χ3v) is 2.76. The summed E-state index contributed by atoms with van der Waals surface area (Å²) >= 11 is 0. The van der Waals surface area contributed by atoms with E-state index in [0.717, 1.165) is 0 Å². The molecule has 17 heavy (non-hydrogen) atoms. The Morgan fingerprint density at radius 1 is 1.35 bits per heavy atom. The summed E-state index contributed by atoms with van der Waals surface area (Å²) in [6.45, 7) is 3.49. The number of carbonyl (C=O) groups is 1. The number of nitrogens with two attached hydrogens (primary N) is 1. The molecule has 3 N–H and O–H groups in total. The molecule has 1 aliphatic rings. The lowest BCUT2D eigenvalue weighted by Crippen LogP contribution is -2.64. The minimum atomic E-state index is -1.08. The van der Waals surface area contributed by atoms with Gasteiger partial charge in [0, 0.05) is 14.2 Å². The summed E-state index contributed by atoms with van der Waals surface area (Å²) in [7, 11) is 2.82. The number of carbonyl (C=O) groups excluding carboxylic acids is 1. The van der Waals surface area contributed by atoms with Gasteiger partial charge in [-0.15, -0.1) is 0 Å². The first kappa shape index (κ1) is 14.2. The third-order valence-electron chi connectivity index (χ3n) is 2.76. The van der Waals surface area contributed by atoms with Gasteiger partial charge in [0.15, 0.2) is 12.4 Å². The highest BCUT2D eigenvalue weighted by Crippen LogP contribution is 2.32. The fourth-order valence-corrected chi connectivity index (χ4v) is 2.04. The van der Waals surface area contributed by atoms with E-state index in [2.05, 4.69) is 0 Å². The van der Waals surface area contributed by atoms with Crippen LogP contribution in [0.3, 0.4) is 0 Å². The Balaban J connectivity index is 2.92. The normalized spacial score (nSPS) is 36.5. The molecule has 0 aromatic heterocycles. The number of aliphatic hydroxyl groups excluding tert-OH is 1. The average molecular weight is 249 g/mol. The Bertz CT molecular complexity index is 282. The Labute approximate surface area is 99.8 Å². The van der Waals surface area contributed by atoms with Crippen LogP contribution >= 0.6 is 0 Å². The summed E-state index contributed by atoms with van der Waals surface area (Å²) in [4.78, 5) is 10.8. The largest absolute Gasteiger partial charge is 0.438 e. The molecular weight excluding hydrogens is 230 g/mol. The third kappa shape index (κ3) is 2.86. The number of aliphatic hydroxyl groups is 1. The van der Waals surface area contributed by atoms with Crippen LogP contribution in [0.15, 0.2) is 0 Å². The number of hydrogen-bond donors (Lipinski definition) is 2. The van der Waals surface area contributed by atoms with Gasteiger partial charge >= 0.3 is 6.09 Å². The molecule has 1 saturated heterocycles. The Morgan fingerprint density at radius 2 is 1.94 bits per heavy atom. The number of rotatable bonds is 3. The van der Waals surface area contributed by atoms with Gasteiger partial charge in [-0.2, -0.15) is 0 Å². The van der Waals surface area contributed by atoms with E-state index >= 15 is 0 Å².